The Kier molecular flexibility index (Phi) is 5.99. The molecule has 154 valence electrons. The van der Waals surface area contributed by atoms with Crippen molar-refractivity contribution >= 4 is 15.9 Å². The van der Waals surface area contributed by atoms with Crippen molar-refractivity contribution in [2.45, 2.75) is 17.7 Å². The van der Waals surface area contributed by atoms with Gasteiger partial charge in [-0.25, -0.2) is 8.42 Å². The average Bonchev–Trinajstić information content (AvgIpc) is 2.80. The second kappa shape index (κ2) is 8.65. The molecule has 4 rings (SSSR count). The van der Waals surface area contributed by atoms with Crippen molar-refractivity contribution in [3.05, 3.63) is 54.6 Å². The van der Waals surface area contributed by atoms with Crippen LogP contribution in [0, 0.1) is 5.92 Å². The lowest BCUT2D eigenvalue weighted by molar-refractivity contribution is -0.140. The third-order valence-electron chi connectivity index (χ3n) is 5.65. The zero-order valence-electron chi connectivity index (χ0n) is 16.4. The third kappa shape index (κ3) is 4.22. The van der Waals surface area contributed by atoms with Gasteiger partial charge in [-0.3, -0.25) is 4.79 Å². The van der Waals surface area contributed by atoms with Gasteiger partial charge in [0.1, 0.15) is 0 Å². The summed E-state index contributed by atoms with van der Waals surface area (Å²) >= 11 is 0. The van der Waals surface area contributed by atoms with Crippen LogP contribution in [0.2, 0.25) is 0 Å². The van der Waals surface area contributed by atoms with Gasteiger partial charge in [0.2, 0.25) is 15.9 Å². The first-order valence-electron chi connectivity index (χ1n) is 10.1. The fourth-order valence-electron chi connectivity index (χ4n) is 4.09. The first-order chi connectivity index (χ1) is 14.1. The number of morpholine rings is 1. The van der Waals surface area contributed by atoms with Gasteiger partial charge in [0, 0.05) is 31.7 Å². The number of amides is 1. The summed E-state index contributed by atoms with van der Waals surface area (Å²) in [6, 6.07) is 16.6. The number of benzene rings is 2. The molecule has 2 aromatic carbocycles. The maximum atomic E-state index is 13.5. The van der Waals surface area contributed by atoms with Crippen molar-refractivity contribution in [1.82, 2.24) is 9.21 Å². The number of nitrogens with zero attached hydrogens (tertiary/aromatic N) is 2. The van der Waals surface area contributed by atoms with E-state index in [0.29, 0.717) is 49.7 Å². The predicted octanol–water partition coefficient (Wildman–Crippen LogP) is 2.61. The smallest absolute Gasteiger partial charge is 0.243 e. The topological polar surface area (TPSA) is 66.9 Å². The van der Waals surface area contributed by atoms with E-state index in [1.807, 2.05) is 47.4 Å². The molecule has 2 saturated heterocycles. The molecule has 1 amide bonds. The summed E-state index contributed by atoms with van der Waals surface area (Å²) in [5.74, 6) is -0.245. The summed E-state index contributed by atoms with van der Waals surface area (Å²) in [6.07, 6.45) is 1.41. The van der Waals surface area contributed by atoms with Crippen molar-refractivity contribution in [3.8, 4) is 11.1 Å². The van der Waals surface area contributed by atoms with Crippen molar-refractivity contribution < 1.29 is 17.9 Å². The van der Waals surface area contributed by atoms with Crippen LogP contribution in [-0.4, -0.2) is 62.9 Å². The van der Waals surface area contributed by atoms with Gasteiger partial charge < -0.3 is 9.64 Å². The SMILES string of the molecule is O=C(C1CCCN(S(=O)(=O)c2ccccc2-c2ccccc2)C1)N1CCOCC1. The standard InChI is InChI=1S/C22H26N2O4S/c25-22(23-13-15-28-16-14-23)19-9-6-12-24(17-19)29(26,27)21-11-5-4-10-20(21)18-7-2-1-3-8-18/h1-5,7-8,10-11,19H,6,9,12-17H2. The Balaban J connectivity index is 1.59. The maximum absolute atomic E-state index is 13.5. The van der Waals surface area contributed by atoms with Crippen molar-refractivity contribution in [2.24, 2.45) is 5.92 Å². The van der Waals surface area contributed by atoms with Crippen LogP contribution >= 0.6 is 0 Å². The molecule has 2 aliphatic rings. The molecule has 29 heavy (non-hydrogen) atoms. The van der Waals surface area contributed by atoms with Crippen LogP contribution < -0.4 is 0 Å². The first-order valence-corrected chi connectivity index (χ1v) is 11.5. The Labute approximate surface area is 172 Å². The Hall–Kier alpha value is -2.22. The van der Waals surface area contributed by atoms with Gasteiger partial charge in [-0.2, -0.15) is 4.31 Å². The molecule has 0 saturated carbocycles. The fourth-order valence-corrected chi connectivity index (χ4v) is 5.83. The number of hydrogen-bond donors (Lipinski definition) is 0. The van der Waals surface area contributed by atoms with Gasteiger partial charge >= 0.3 is 0 Å². The number of ether oxygens (including phenoxy) is 1. The van der Waals surface area contributed by atoms with Crippen molar-refractivity contribution in [3.63, 3.8) is 0 Å². The summed E-state index contributed by atoms with van der Waals surface area (Å²) in [7, 11) is -3.70. The van der Waals surface area contributed by atoms with Crippen LogP contribution in [0.4, 0.5) is 0 Å². The maximum Gasteiger partial charge on any atom is 0.243 e. The Bertz CT molecular complexity index is 956. The van der Waals surface area contributed by atoms with Gasteiger partial charge in [0.25, 0.3) is 0 Å². The zero-order chi connectivity index (χ0) is 20.3. The third-order valence-corrected chi connectivity index (χ3v) is 7.57. The summed E-state index contributed by atoms with van der Waals surface area (Å²) in [5.41, 5.74) is 1.55. The molecule has 2 aromatic rings. The molecule has 7 heteroatoms. The average molecular weight is 415 g/mol. The number of sulfonamides is 1. The summed E-state index contributed by atoms with van der Waals surface area (Å²) < 4.78 is 33.8. The van der Waals surface area contributed by atoms with E-state index in [9.17, 15) is 13.2 Å². The van der Waals surface area contributed by atoms with E-state index in [-0.39, 0.29) is 18.4 Å². The molecule has 2 aliphatic heterocycles. The van der Waals surface area contributed by atoms with Crippen LogP contribution in [0.15, 0.2) is 59.5 Å². The molecule has 6 nitrogen and oxygen atoms in total. The van der Waals surface area contributed by atoms with E-state index in [4.69, 9.17) is 4.74 Å². The lowest BCUT2D eigenvalue weighted by Gasteiger charge is -2.35. The minimum Gasteiger partial charge on any atom is -0.378 e. The molecule has 0 radical (unpaired) electrons. The summed E-state index contributed by atoms with van der Waals surface area (Å²) in [6.45, 7) is 2.94. The highest BCUT2D eigenvalue weighted by atomic mass is 32.2. The van der Waals surface area contributed by atoms with E-state index in [1.165, 1.54) is 4.31 Å². The van der Waals surface area contributed by atoms with E-state index < -0.39 is 10.0 Å². The number of rotatable bonds is 4. The molecule has 2 heterocycles. The Morgan fingerprint density at radius 1 is 0.931 bits per heavy atom. The Morgan fingerprint density at radius 2 is 1.62 bits per heavy atom. The highest BCUT2D eigenvalue weighted by Crippen LogP contribution is 2.31. The number of carbonyl (C=O) groups is 1. The monoisotopic (exact) mass is 414 g/mol. The summed E-state index contributed by atoms with van der Waals surface area (Å²) in [4.78, 5) is 15.0. The van der Waals surface area contributed by atoms with Gasteiger partial charge in [-0.1, -0.05) is 48.5 Å². The molecular formula is C22H26N2O4S. The molecule has 1 unspecified atom stereocenters. The molecule has 0 aliphatic carbocycles. The summed E-state index contributed by atoms with van der Waals surface area (Å²) in [5, 5.41) is 0. The van der Waals surface area contributed by atoms with E-state index in [2.05, 4.69) is 0 Å². The largest absolute Gasteiger partial charge is 0.378 e. The van der Waals surface area contributed by atoms with E-state index in [1.54, 1.807) is 12.1 Å². The number of hydrogen-bond acceptors (Lipinski definition) is 4. The van der Waals surface area contributed by atoms with Gasteiger partial charge in [-0.05, 0) is 24.5 Å². The van der Waals surface area contributed by atoms with Crippen molar-refractivity contribution in [2.75, 3.05) is 39.4 Å². The van der Waals surface area contributed by atoms with Gasteiger partial charge in [0.05, 0.1) is 24.0 Å². The second-order valence-corrected chi connectivity index (χ2v) is 9.41. The molecule has 0 bridgehead atoms. The van der Waals surface area contributed by atoms with E-state index >= 15 is 0 Å². The number of carbonyl (C=O) groups excluding carboxylic acids is 1. The molecule has 2 fully saturated rings. The van der Waals surface area contributed by atoms with Gasteiger partial charge in [0.15, 0.2) is 0 Å². The zero-order valence-corrected chi connectivity index (χ0v) is 17.2. The normalized spacial score (nSPS) is 21.1. The first kappa shape index (κ1) is 20.1. The van der Waals surface area contributed by atoms with Crippen LogP contribution in [0.5, 0.6) is 0 Å². The predicted molar refractivity (Wildman–Crippen MR) is 111 cm³/mol. The second-order valence-electron chi connectivity index (χ2n) is 7.50. The van der Waals surface area contributed by atoms with Crippen LogP contribution in [0.1, 0.15) is 12.8 Å². The van der Waals surface area contributed by atoms with Crippen LogP contribution in [0.3, 0.4) is 0 Å². The lowest BCUT2D eigenvalue weighted by atomic mass is 9.98. The molecule has 0 N–H and O–H groups in total. The van der Waals surface area contributed by atoms with Crippen LogP contribution in [0.25, 0.3) is 11.1 Å². The highest BCUT2D eigenvalue weighted by molar-refractivity contribution is 7.89. The quantitative estimate of drug-likeness (QED) is 0.771. The Morgan fingerprint density at radius 3 is 2.38 bits per heavy atom. The minimum absolute atomic E-state index is 0.0459. The fraction of sp³-hybridized carbons (Fsp3) is 0.409. The van der Waals surface area contributed by atoms with Gasteiger partial charge in [-0.15, -0.1) is 0 Å². The molecule has 0 aromatic heterocycles. The van der Waals surface area contributed by atoms with E-state index in [0.717, 1.165) is 12.0 Å². The molecular weight excluding hydrogens is 388 g/mol. The molecule has 0 spiro atoms. The van der Waals surface area contributed by atoms with Crippen LogP contribution in [-0.2, 0) is 19.6 Å². The van der Waals surface area contributed by atoms with Crippen molar-refractivity contribution in [1.29, 1.82) is 0 Å². The molecule has 1 atom stereocenters. The minimum atomic E-state index is -3.70. The number of piperidine rings is 1. The lowest BCUT2D eigenvalue weighted by Crippen LogP contribution is -2.49. The highest BCUT2D eigenvalue weighted by Gasteiger charge is 2.36.